The molecule has 0 bridgehead atoms. The summed E-state index contributed by atoms with van der Waals surface area (Å²) in [4.78, 5) is 26.9. The third-order valence-electron chi connectivity index (χ3n) is 5.47. The summed E-state index contributed by atoms with van der Waals surface area (Å²) >= 11 is 0. The van der Waals surface area contributed by atoms with E-state index in [0.717, 1.165) is 36.9 Å². The van der Waals surface area contributed by atoms with Gasteiger partial charge in [0, 0.05) is 24.2 Å². The number of amides is 2. The first-order valence-electron chi connectivity index (χ1n) is 9.95. The number of hydrogen-bond acceptors (Lipinski definition) is 4. The van der Waals surface area contributed by atoms with Gasteiger partial charge in [0.05, 0.1) is 6.42 Å². The van der Waals surface area contributed by atoms with E-state index in [1.54, 1.807) is 6.07 Å². The van der Waals surface area contributed by atoms with Crippen molar-refractivity contribution in [3.8, 4) is 0 Å². The highest BCUT2D eigenvalue weighted by Crippen LogP contribution is 2.20. The fraction of sp³-hybridized carbons (Fsp3) is 0.304. The van der Waals surface area contributed by atoms with Crippen LogP contribution in [0.3, 0.4) is 0 Å². The van der Waals surface area contributed by atoms with Crippen molar-refractivity contribution < 1.29 is 14.0 Å². The Labute approximate surface area is 182 Å². The van der Waals surface area contributed by atoms with Crippen LogP contribution in [-0.2, 0) is 11.2 Å². The highest BCUT2D eigenvalue weighted by molar-refractivity contribution is 6.04. The van der Waals surface area contributed by atoms with E-state index in [2.05, 4.69) is 10.6 Å². The predicted molar refractivity (Wildman–Crippen MR) is 120 cm³/mol. The Morgan fingerprint density at radius 1 is 1.10 bits per heavy atom. The zero-order valence-corrected chi connectivity index (χ0v) is 17.7. The number of piperidine rings is 1. The number of halogens is 1. The van der Waals surface area contributed by atoms with Crippen LogP contribution >= 0.6 is 12.4 Å². The average molecular weight is 428 g/mol. The van der Waals surface area contributed by atoms with E-state index < -0.39 is 0 Å². The largest absolute Gasteiger partial charge is 0.451 e. The first-order chi connectivity index (χ1) is 14.1. The van der Waals surface area contributed by atoms with E-state index in [0.29, 0.717) is 23.7 Å². The maximum atomic E-state index is 12.6. The maximum Gasteiger partial charge on any atom is 0.291 e. The molecule has 4 rings (SSSR count). The molecule has 30 heavy (non-hydrogen) atoms. The molecule has 3 aromatic rings. The second-order valence-electron chi connectivity index (χ2n) is 7.46. The smallest absolute Gasteiger partial charge is 0.291 e. The van der Waals surface area contributed by atoms with E-state index in [1.807, 2.05) is 60.5 Å². The van der Waals surface area contributed by atoms with Crippen LogP contribution in [0, 0.1) is 0 Å². The molecule has 2 amide bonds. The third-order valence-corrected chi connectivity index (χ3v) is 5.47. The van der Waals surface area contributed by atoms with Gasteiger partial charge < -0.3 is 20.0 Å². The fourth-order valence-electron chi connectivity index (χ4n) is 3.69. The molecule has 2 N–H and O–H groups in total. The van der Waals surface area contributed by atoms with Crippen molar-refractivity contribution in [2.45, 2.75) is 25.3 Å². The van der Waals surface area contributed by atoms with Crippen molar-refractivity contribution in [3.05, 3.63) is 65.9 Å². The number of furan rings is 1. The molecule has 1 aliphatic heterocycles. The van der Waals surface area contributed by atoms with Crippen molar-refractivity contribution in [1.29, 1.82) is 0 Å². The standard InChI is InChI=1S/C23H25N3O3.ClH/c1-26(19-10-12-24-13-11-19)22(27)14-16-6-8-18(9-7-16)25-23(28)21-15-17-4-2-3-5-20(17)29-21;/h2-9,15,19,24H,10-14H2,1H3,(H,25,28);1H. The topological polar surface area (TPSA) is 74.6 Å². The van der Waals surface area contributed by atoms with Gasteiger partial charge in [-0.15, -0.1) is 12.4 Å². The Morgan fingerprint density at radius 3 is 2.50 bits per heavy atom. The molecule has 1 fully saturated rings. The highest BCUT2D eigenvalue weighted by atomic mass is 35.5. The van der Waals surface area contributed by atoms with Crippen LogP contribution in [-0.4, -0.2) is 42.9 Å². The van der Waals surface area contributed by atoms with Gasteiger partial charge in [-0.2, -0.15) is 0 Å². The van der Waals surface area contributed by atoms with Gasteiger partial charge in [0.25, 0.3) is 5.91 Å². The van der Waals surface area contributed by atoms with E-state index >= 15 is 0 Å². The number of rotatable bonds is 5. The lowest BCUT2D eigenvalue weighted by molar-refractivity contribution is -0.131. The molecule has 0 atom stereocenters. The molecule has 2 heterocycles. The summed E-state index contributed by atoms with van der Waals surface area (Å²) in [5, 5.41) is 7.05. The monoisotopic (exact) mass is 427 g/mol. The highest BCUT2D eigenvalue weighted by Gasteiger charge is 2.21. The Balaban J connectivity index is 0.00000256. The third kappa shape index (κ3) is 5.01. The van der Waals surface area contributed by atoms with E-state index in [9.17, 15) is 9.59 Å². The van der Waals surface area contributed by atoms with Crippen LogP contribution in [0.5, 0.6) is 0 Å². The SMILES string of the molecule is CN(C(=O)Cc1ccc(NC(=O)c2cc3ccccc3o2)cc1)C1CCNCC1.Cl. The summed E-state index contributed by atoms with van der Waals surface area (Å²) in [6.07, 6.45) is 2.35. The minimum absolute atomic E-state index is 0. The molecule has 1 saturated heterocycles. The van der Waals surface area contributed by atoms with Crippen molar-refractivity contribution in [2.75, 3.05) is 25.5 Å². The zero-order chi connectivity index (χ0) is 20.2. The Bertz CT molecular complexity index is 977. The van der Waals surface area contributed by atoms with Crippen molar-refractivity contribution in [2.24, 2.45) is 0 Å². The molecule has 0 spiro atoms. The normalized spacial score (nSPS) is 14.2. The Kier molecular flexibility index (Phi) is 7.13. The minimum Gasteiger partial charge on any atom is -0.451 e. The fourth-order valence-corrected chi connectivity index (χ4v) is 3.69. The van der Waals surface area contributed by atoms with E-state index in [4.69, 9.17) is 4.42 Å². The number of carbonyl (C=O) groups is 2. The molecule has 2 aromatic carbocycles. The molecule has 0 aliphatic carbocycles. The molecule has 158 valence electrons. The average Bonchev–Trinajstić information content (AvgIpc) is 3.20. The zero-order valence-electron chi connectivity index (χ0n) is 16.9. The molecule has 0 unspecified atom stereocenters. The van der Waals surface area contributed by atoms with Crippen LogP contribution in [0.4, 0.5) is 5.69 Å². The molecule has 1 aromatic heterocycles. The quantitative estimate of drug-likeness (QED) is 0.648. The van der Waals surface area contributed by atoms with E-state index in [1.165, 1.54) is 0 Å². The minimum atomic E-state index is -0.296. The first-order valence-corrected chi connectivity index (χ1v) is 9.95. The Morgan fingerprint density at radius 2 is 1.80 bits per heavy atom. The molecule has 0 radical (unpaired) electrons. The molecule has 6 nitrogen and oxygen atoms in total. The van der Waals surface area contributed by atoms with Gasteiger partial charge >= 0.3 is 0 Å². The number of nitrogens with one attached hydrogen (secondary N) is 2. The maximum absolute atomic E-state index is 12.6. The van der Waals surface area contributed by atoms with Crippen molar-refractivity contribution in [1.82, 2.24) is 10.2 Å². The molecular weight excluding hydrogens is 402 g/mol. The van der Waals surface area contributed by atoms with Gasteiger partial charge in [0.1, 0.15) is 5.58 Å². The van der Waals surface area contributed by atoms with Gasteiger partial charge in [-0.05, 0) is 55.8 Å². The Hall–Kier alpha value is -2.83. The number of fused-ring (bicyclic) bond motifs is 1. The molecule has 1 aliphatic rings. The van der Waals surface area contributed by atoms with Gasteiger partial charge in [0.2, 0.25) is 5.91 Å². The predicted octanol–water partition coefficient (Wildman–Crippen LogP) is 3.86. The van der Waals surface area contributed by atoms with Crippen molar-refractivity contribution >= 4 is 40.9 Å². The molecular formula is C23H26ClN3O3. The van der Waals surface area contributed by atoms with Crippen LogP contribution in [0.2, 0.25) is 0 Å². The summed E-state index contributed by atoms with van der Waals surface area (Å²) in [7, 11) is 1.89. The molecule has 7 heteroatoms. The number of para-hydroxylation sites is 1. The second kappa shape index (κ2) is 9.78. The molecule has 0 saturated carbocycles. The number of benzene rings is 2. The summed E-state index contributed by atoms with van der Waals surface area (Å²) in [6, 6.07) is 16.9. The summed E-state index contributed by atoms with van der Waals surface area (Å²) < 4.78 is 5.60. The second-order valence-corrected chi connectivity index (χ2v) is 7.46. The number of likely N-dealkylation sites (N-methyl/N-ethyl adjacent to an activating group) is 1. The first kappa shape index (κ1) is 21.9. The number of carbonyl (C=O) groups excluding carboxylic acids is 2. The van der Waals surface area contributed by atoms with Gasteiger partial charge in [0.15, 0.2) is 5.76 Å². The summed E-state index contributed by atoms with van der Waals surface area (Å²) in [6.45, 7) is 1.92. The van der Waals surface area contributed by atoms with Crippen LogP contribution < -0.4 is 10.6 Å². The number of hydrogen-bond donors (Lipinski definition) is 2. The van der Waals surface area contributed by atoms with Crippen LogP contribution in [0.25, 0.3) is 11.0 Å². The van der Waals surface area contributed by atoms with Gasteiger partial charge in [-0.25, -0.2) is 0 Å². The van der Waals surface area contributed by atoms with Gasteiger partial charge in [-0.1, -0.05) is 30.3 Å². The lowest BCUT2D eigenvalue weighted by Crippen LogP contribution is -2.44. The number of anilines is 1. The van der Waals surface area contributed by atoms with Crippen molar-refractivity contribution in [3.63, 3.8) is 0 Å². The summed E-state index contributed by atoms with van der Waals surface area (Å²) in [5.41, 5.74) is 2.28. The summed E-state index contributed by atoms with van der Waals surface area (Å²) in [5.74, 6) is 0.0979. The van der Waals surface area contributed by atoms with E-state index in [-0.39, 0.29) is 30.0 Å². The van der Waals surface area contributed by atoms with Gasteiger partial charge in [-0.3, -0.25) is 9.59 Å². The van der Waals surface area contributed by atoms with Crippen LogP contribution in [0.1, 0.15) is 29.0 Å². The lowest BCUT2D eigenvalue weighted by Gasteiger charge is -2.31. The van der Waals surface area contributed by atoms with Crippen LogP contribution in [0.15, 0.2) is 59.0 Å². The lowest BCUT2D eigenvalue weighted by atomic mass is 10.0. The number of nitrogens with zero attached hydrogens (tertiary/aromatic N) is 1.